The van der Waals surface area contributed by atoms with Gasteiger partial charge in [-0.3, -0.25) is 4.79 Å². The van der Waals surface area contributed by atoms with Crippen LogP contribution >= 0.6 is 12.4 Å². The number of carbonyl (C=O) groups excluding carboxylic acids is 1. The Morgan fingerprint density at radius 1 is 1.43 bits per heavy atom. The topological polar surface area (TPSA) is 64.8 Å². The number of nitrogens with zero attached hydrogens (tertiary/aromatic N) is 1. The number of hydrogen-bond acceptors (Lipinski definition) is 4. The first-order valence-corrected chi connectivity index (χ1v) is 6.99. The largest absolute Gasteiger partial charge is 0.485 e. The van der Waals surface area contributed by atoms with Crippen LogP contribution in [0.3, 0.4) is 0 Å². The Morgan fingerprint density at radius 3 is 2.81 bits per heavy atom. The Kier molecular flexibility index (Phi) is 4.64. The van der Waals surface area contributed by atoms with Crippen LogP contribution in [0.1, 0.15) is 13.3 Å². The lowest BCUT2D eigenvalue weighted by Gasteiger charge is -2.29. The van der Waals surface area contributed by atoms with Gasteiger partial charge in [-0.25, -0.2) is 0 Å². The van der Waals surface area contributed by atoms with Crippen molar-refractivity contribution in [3.8, 4) is 11.5 Å². The third kappa shape index (κ3) is 3.09. The van der Waals surface area contributed by atoms with Crippen LogP contribution in [-0.2, 0) is 4.79 Å². The molecule has 1 saturated heterocycles. The van der Waals surface area contributed by atoms with E-state index >= 15 is 0 Å². The minimum absolute atomic E-state index is 0. The predicted molar refractivity (Wildman–Crippen MR) is 82.0 cm³/mol. The summed E-state index contributed by atoms with van der Waals surface area (Å²) in [5.41, 5.74) is 5.81. The van der Waals surface area contributed by atoms with Gasteiger partial charge >= 0.3 is 0 Å². The van der Waals surface area contributed by atoms with Gasteiger partial charge < -0.3 is 20.1 Å². The minimum atomic E-state index is -0.551. The maximum absolute atomic E-state index is 12.5. The fourth-order valence-electron chi connectivity index (χ4n) is 2.72. The summed E-state index contributed by atoms with van der Waals surface area (Å²) in [4.78, 5) is 14.3. The number of rotatable bonds is 2. The van der Waals surface area contributed by atoms with Crippen LogP contribution in [-0.4, -0.2) is 43.2 Å². The van der Waals surface area contributed by atoms with E-state index < -0.39 is 6.10 Å². The van der Waals surface area contributed by atoms with Crippen molar-refractivity contribution in [2.24, 2.45) is 11.1 Å². The second-order valence-electron chi connectivity index (χ2n) is 5.89. The molecule has 1 aromatic carbocycles. The fraction of sp³-hybridized carbons (Fsp3) is 0.533. The monoisotopic (exact) mass is 312 g/mol. The zero-order chi connectivity index (χ0) is 14.2. The summed E-state index contributed by atoms with van der Waals surface area (Å²) in [6.07, 6.45) is 0.393. The first-order chi connectivity index (χ1) is 9.61. The number of ether oxygens (including phenoxy) is 2. The number of likely N-dealkylation sites (tertiary alicyclic amines) is 1. The van der Waals surface area contributed by atoms with Crippen molar-refractivity contribution in [2.45, 2.75) is 19.4 Å². The van der Waals surface area contributed by atoms with E-state index in [2.05, 4.69) is 6.92 Å². The van der Waals surface area contributed by atoms with Crippen LogP contribution in [0.2, 0.25) is 0 Å². The van der Waals surface area contributed by atoms with Crippen molar-refractivity contribution in [3.63, 3.8) is 0 Å². The molecule has 6 heteroatoms. The van der Waals surface area contributed by atoms with E-state index in [4.69, 9.17) is 15.2 Å². The number of hydrogen-bond donors (Lipinski definition) is 1. The molecule has 21 heavy (non-hydrogen) atoms. The molecule has 2 atom stereocenters. The maximum Gasteiger partial charge on any atom is 0.267 e. The summed E-state index contributed by atoms with van der Waals surface area (Å²) in [7, 11) is 0. The van der Waals surface area contributed by atoms with Crippen LogP contribution in [0.25, 0.3) is 0 Å². The van der Waals surface area contributed by atoms with Crippen molar-refractivity contribution < 1.29 is 14.3 Å². The Labute approximate surface area is 130 Å². The van der Waals surface area contributed by atoms with Crippen molar-refractivity contribution >= 4 is 18.3 Å². The summed E-state index contributed by atoms with van der Waals surface area (Å²) in [6.45, 7) is 4.43. The number of nitrogens with two attached hydrogens (primary N) is 1. The number of amides is 1. The van der Waals surface area contributed by atoms with E-state index in [0.29, 0.717) is 24.6 Å². The number of fused-ring (bicyclic) bond motifs is 1. The van der Waals surface area contributed by atoms with E-state index in [1.54, 1.807) is 0 Å². The van der Waals surface area contributed by atoms with Gasteiger partial charge in [-0.15, -0.1) is 12.4 Å². The van der Waals surface area contributed by atoms with Gasteiger partial charge in [-0.2, -0.15) is 0 Å². The van der Waals surface area contributed by atoms with Crippen LogP contribution in [0.5, 0.6) is 11.5 Å². The normalized spacial score (nSPS) is 27.1. The maximum atomic E-state index is 12.5. The third-order valence-corrected chi connectivity index (χ3v) is 4.15. The minimum Gasteiger partial charge on any atom is -0.485 e. The molecule has 0 aromatic heterocycles. The van der Waals surface area contributed by atoms with Gasteiger partial charge in [0.1, 0.15) is 6.61 Å². The summed E-state index contributed by atoms with van der Waals surface area (Å²) in [5, 5.41) is 0. The molecule has 3 rings (SSSR count). The van der Waals surface area contributed by atoms with Gasteiger partial charge in [0, 0.05) is 13.1 Å². The number of para-hydroxylation sites is 2. The quantitative estimate of drug-likeness (QED) is 0.897. The van der Waals surface area contributed by atoms with Gasteiger partial charge in [0.25, 0.3) is 5.91 Å². The van der Waals surface area contributed by atoms with E-state index in [1.807, 2.05) is 29.2 Å². The number of benzene rings is 1. The molecule has 0 bridgehead atoms. The second kappa shape index (κ2) is 6.12. The Hall–Kier alpha value is -1.46. The summed E-state index contributed by atoms with van der Waals surface area (Å²) >= 11 is 0. The standard InChI is InChI=1S/C15H20N2O3.ClH/c1-15(9-16)6-7-17(10-15)14(18)13-8-19-11-4-2-3-5-12(11)20-13;/h2-5,13H,6-10,16H2,1H3;1H. The van der Waals surface area contributed by atoms with E-state index in [1.165, 1.54) is 0 Å². The van der Waals surface area contributed by atoms with Gasteiger partial charge in [0.15, 0.2) is 11.5 Å². The molecule has 2 aliphatic rings. The van der Waals surface area contributed by atoms with Crippen molar-refractivity contribution in [3.05, 3.63) is 24.3 Å². The fourth-order valence-corrected chi connectivity index (χ4v) is 2.72. The highest BCUT2D eigenvalue weighted by molar-refractivity contribution is 5.85. The summed E-state index contributed by atoms with van der Waals surface area (Å²) in [6, 6.07) is 7.42. The molecule has 1 aromatic rings. The zero-order valence-corrected chi connectivity index (χ0v) is 12.9. The Bertz CT molecular complexity index is 525. The lowest BCUT2D eigenvalue weighted by molar-refractivity contribution is -0.140. The average Bonchev–Trinajstić information content (AvgIpc) is 2.89. The van der Waals surface area contributed by atoms with Gasteiger partial charge in [-0.1, -0.05) is 19.1 Å². The molecule has 5 nitrogen and oxygen atoms in total. The molecular weight excluding hydrogens is 292 g/mol. The highest BCUT2D eigenvalue weighted by Crippen LogP contribution is 2.33. The van der Waals surface area contributed by atoms with E-state index in [0.717, 1.165) is 13.0 Å². The molecule has 2 N–H and O–H groups in total. The SMILES string of the molecule is CC1(CN)CCN(C(=O)C2COc3ccccc3O2)C1.Cl. The second-order valence-corrected chi connectivity index (χ2v) is 5.89. The molecule has 2 aliphatic heterocycles. The molecule has 1 fully saturated rings. The lowest BCUT2D eigenvalue weighted by Crippen LogP contribution is -2.46. The van der Waals surface area contributed by atoms with E-state index in [9.17, 15) is 4.79 Å². The van der Waals surface area contributed by atoms with Crippen molar-refractivity contribution in [1.29, 1.82) is 0 Å². The molecule has 0 spiro atoms. The average molecular weight is 313 g/mol. The highest BCUT2D eigenvalue weighted by atomic mass is 35.5. The first-order valence-electron chi connectivity index (χ1n) is 6.99. The summed E-state index contributed by atoms with van der Waals surface area (Å²) < 4.78 is 11.4. The van der Waals surface area contributed by atoms with Crippen molar-refractivity contribution in [1.82, 2.24) is 4.90 Å². The van der Waals surface area contributed by atoms with Crippen LogP contribution in [0.4, 0.5) is 0 Å². The first kappa shape index (κ1) is 15.9. The Morgan fingerprint density at radius 2 is 2.14 bits per heavy atom. The summed E-state index contributed by atoms with van der Waals surface area (Å²) in [5.74, 6) is 1.33. The highest BCUT2D eigenvalue weighted by Gasteiger charge is 2.39. The molecule has 0 radical (unpaired) electrons. The molecule has 2 heterocycles. The van der Waals surface area contributed by atoms with Crippen LogP contribution in [0.15, 0.2) is 24.3 Å². The molecule has 1 amide bonds. The zero-order valence-electron chi connectivity index (χ0n) is 12.1. The van der Waals surface area contributed by atoms with Crippen LogP contribution in [0, 0.1) is 5.41 Å². The Balaban J connectivity index is 0.00000161. The van der Waals surface area contributed by atoms with Gasteiger partial charge in [0.05, 0.1) is 0 Å². The predicted octanol–water partition coefficient (Wildman–Crippen LogP) is 1.45. The molecular formula is C15H21ClN2O3. The smallest absolute Gasteiger partial charge is 0.267 e. The molecule has 2 unspecified atom stereocenters. The van der Waals surface area contributed by atoms with Gasteiger partial charge in [-0.05, 0) is 30.5 Å². The third-order valence-electron chi connectivity index (χ3n) is 4.15. The molecule has 0 saturated carbocycles. The van der Waals surface area contributed by atoms with Crippen molar-refractivity contribution in [2.75, 3.05) is 26.2 Å². The van der Waals surface area contributed by atoms with Crippen LogP contribution < -0.4 is 15.2 Å². The molecule has 116 valence electrons. The lowest BCUT2D eigenvalue weighted by atomic mass is 9.90. The van der Waals surface area contributed by atoms with E-state index in [-0.39, 0.29) is 30.3 Å². The number of carbonyl (C=O) groups is 1. The number of halogens is 1. The molecule has 0 aliphatic carbocycles. The van der Waals surface area contributed by atoms with Gasteiger partial charge in [0.2, 0.25) is 6.10 Å².